The maximum absolute atomic E-state index is 6.38. The van der Waals surface area contributed by atoms with Crippen LogP contribution in [0.15, 0.2) is 18.5 Å². The monoisotopic (exact) mass is 303 g/mol. The molecular formula is C18H29N3O. The average Bonchev–Trinajstić information content (AvgIpc) is 2.81. The third-order valence-corrected chi connectivity index (χ3v) is 5.43. The molecule has 122 valence electrons. The predicted molar refractivity (Wildman–Crippen MR) is 89.1 cm³/mol. The van der Waals surface area contributed by atoms with Gasteiger partial charge in [0.1, 0.15) is 0 Å². The minimum Gasteiger partial charge on any atom is -0.370 e. The van der Waals surface area contributed by atoms with Gasteiger partial charge >= 0.3 is 0 Å². The summed E-state index contributed by atoms with van der Waals surface area (Å²) in [4.78, 5) is 6.57. The summed E-state index contributed by atoms with van der Waals surface area (Å²) >= 11 is 0. The highest BCUT2D eigenvalue weighted by Gasteiger charge is 2.45. The normalized spacial score (nSPS) is 28.3. The Labute approximate surface area is 134 Å². The van der Waals surface area contributed by atoms with Crippen molar-refractivity contribution in [3.05, 3.63) is 29.6 Å². The molecule has 2 unspecified atom stereocenters. The minimum absolute atomic E-state index is 0.135. The molecule has 3 rings (SSSR count). The Morgan fingerprint density at radius 3 is 2.91 bits per heavy atom. The maximum atomic E-state index is 6.38. The third-order valence-electron chi connectivity index (χ3n) is 5.43. The van der Waals surface area contributed by atoms with Gasteiger partial charge in [-0.25, -0.2) is 0 Å². The lowest BCUT2D eigenvalue weighted by Gasteiger charge is -2.37. The van der Waals surface area contributed by atoms with Crippen molar-refractivity contribution in [2.24, 2.45) is 0 Å². The number of nitrogens with zero attached hydrogens (tertiary/aromatic N) is 2. The van der Waals surface area contributed by atoms with Crippen molar-refractivity contribution in [1.82, 2.24) is 15.2 Å². The molecule has 0 bridgehead atoms. The molecule has 4 heteroatoms. The van der Waals surface area contributed by atoms with Crippen LogP contribution in [0.2, 0.25) is 0 Å². The van der Waals surface area contributed by atoms with Crippen molar-refractivity contribution >= 4 is 0 Å². The first-order valence-electron chi connectivity index (χ1n) is 8.57. The molecule has 3 heterocycles. The molecule has 0 saturated carbocycles. The van der Waals surface area contributed by atoms with Gasteiger partial charge in [-0.3, -0.25) is 4.98 Å². The lowest BCUT2D eigenvalue weighted by Crippen LogP contribution is -2.43. The van der Waals surface area contributed by atoms with Crippen LogP contribution in [0, 0.1) is 6.92 Å². The molecular weight excluding hydrogens is 274 g/mol. The molecule has 2 aliphatic heterocycles. The second-order valence-corrected chi connectivity index (χ2v) is 7.13. The van der Waals surface area contributed by atoms with Crippen molar-refractivity contribution in [1.29, 1.82) is 0 Å². The zero-order valence-corrected chi connectivity index (χ0v) is 14.1. The Hall–Kier alpha value is -0.970. The molecule has 1 spiro atoms. The Morgan fingerprint density at radius 1 is 1.41 bits per heavy atom. The molecule has 0 amide bonds. The maximum Gasteiger partial charge on any atom is 0.0727 e. The fourth-order valence-corrected chi connectivity index (χ4v) is 3.85. The highest BCUT2D eigenvalue weighted by atomic mass is 16.5. The van der Waals surface area contributed by atoms with E-state index in [4.69, 9.17) is 4.74 Å². The van der Waals surface area contributed by atoms with E-state index in [1.165, 1.54) is 24.0 Å². The van der Waals surface area contributed by atoms with E-state index in [2.05, 4.69) is 42.2 Å². The zero-order valence-electron chi connectivity index (χ0n) is 14.1. The van der Waals surface area contributed by atoms with Crippen LogP contribution in [0.1, 0.15) is 37.3 Å². The first kappa shape index (κ1) is 15.9. The van der Waals surface area contributed by atoms with E-state index in [1.54, 1.807) is 0 Å². The van der Waals surface area contributed by atoms with Crippen LogP contribution < -0.4 is 5.32 Å². The molecule has 2 saturated heterocycles. The number of piperidine rings is 1. The van der Waals surface area contributed by atoms with Gasteiger partial charge in [-0.1, -0.05) is 0 Å². The summed E-state index contributed by atoms with van der Waals surface area (Å²) in [6, 6.07) is 2.62. The summed E-state index contributed by atoms with van der Waals surface area (Å²) in [6.07, 6.45) is 8.73. The lowest BCUT2D eigenvalue weighted by molar-refractivity contribution is -0.0693. The van der Waals surface area contributed by atoms with E-state index in [0.717, 1.165) is 32.5 Å². The first-order valence-corrected chi connectivity index (χ1v) is 8.57. The van der Waals surface area contributed by atoms with E-state index in [0.29, 0.717) is 12.1 Å². The summed E-state index contributed by atoms with van der Waals surface area (Å²) in [7, 11) is 2.21. The van der Waals surface area contributed by atoms with Gasteiger partial charge in [-0.15, -0.1) is 0 Å². The number of aromatic nitrogens is 1. The smallest absolute Gasteiger partial charge is 0.0727 e. The van der Waals surface area contributed by atoms with Gasteiger partial charge in [-0.2, -0.15) is 0 Å². The van der Waals surface area contributed by atoms with Gasteiger partial charge in [0.05, 0.1) is 11.7 Å². The van der Waals surface area contributed by atoms with Crippen LogP contribution in [-0.2, 0) is 11.2 Å². The predicted octanol–water partition coefficient (Wildman–Crippen LogP) is 2.16. The highest BCUT2D eigenvalue weighted by Crippen LogP contribution is 2.38. The fourth-order valence-electron chi connectivity index (χ4n) is 3.85. The van der Waals surface area contributed by atoms with Crippen LogP contribution in [0.5, 0.6) is 0 Å². The van der Waals surface area contributed by atoms with E-state index >= 15 is 0 Å². The van der Waals surface area contributed by atoms with Crippen molar-refractivity contribution in [3.8, 4) is 0 Å². The van der Waals surface area contributed by atoms with Gasteiger partial charge in [0.25, 0.3) is 0 Å². The summed E-state index contributed by atoms with van der Waals surface area (Å²) in [5.41, 5.74) is 2.81. The molecule has 2 aliphatic rings. The average molecular weight is 303 g/mol. The summed E-state index contributed by atoms with van der Waals surface area (Å²) in [6.45, 7) is 7.70. The zero-order chi connectivity index (χ0) is 15.6. The van der Waals surface area contributed by atoms with E-state index < -0.39 is 0 Å². The number of hydrogen-bond acceptors (Lipinski definition) is 4. The number of hydrogen-bond donors (Lipinski definition) is 1. The van der Waals surface area contributed by atoms with Crippen LogP contribution in [0.25, 0.3) is 0 Å². The molecule has 1 N–H and O–H groups in total. The van der Waals surface area contributed by atoms with Gasteiger partial charge < -0.3 is 15.0 Å². The molecule has 4 nitrogen and oxygen atoms in total. The van der Waals surface area contributed by atoms with Crippen LogP contribution in [-0.4, -0.2) is 54.3 Å². The SMILES string of the molecule is Cc1cnccc1CCNC1CC2(CCN(C)CC2)OC1C. The van der Waals surface area contributed by atoms with Gasteiger partial charge in [0, 0.05) is 31.5 Å². The molecule has 2 atom stereocenters. The van der Waals surface area contributed by atoms with Crippen LogP contribution >= 0.6 is 0 Å². The topological polar surface area (TPSA) is 37.4 Å². The molecule has 0 aliphatic carbocycles. The molecule has 1 aromatic rings. The largest absolute Gasteiger partial charge is 0.370 e. The second kappa shape index (κ2) is 6.65. The van der Waals surface area contributed by atoms with Gasteiger partial charge in [0.2, 0.25) is 0 Å². The number of likely N-dealkylation sites (tertiary alicyclic amines) is 1. The Bertz CT molecular complexity index is 497. The van der Waals surface area contributed by atoms with Crippen LogP contribution in [0.3, 0.4) is 0 Å². The number of pyridine rings is 1. The number of rotatable bonds is 4. The highest BCUT2D eigenvalue weighted by molar-refractivity contribution is 5.21. The minimum atomic E-state index is 0.135. The summed E-state index contributed by atoms with van der Waals surface area (Å²) in [5, 5.41) is 3.73. The van der Waals surface area contributed by atoms with Crippen molar-refractivity contribution in [2.75, 3.05) is 26.7 Å². The first-order chi connectivity index (χ1) is 10.6. The van der Waals surface area contributed by atoms with Crippen molar-refractivity contribution < 1.29 is 4.74 Å². The Kier molecular flexibility index (Phi) is 4.81. The van der Waals surface area contributed by atoms with E-state index in [1.807, 2.05) is 12.4 Å². The lowest BCUT2D eigenvalue weighted by atomic mass is 9.87. The standard InChI is InChI=1S/C18H29N3O/c1-14-13-19-8-4-16(14)5-9-20-17-12-18(22-15(17)2)6-10-21(3)11-7-18/h4,8,13,15,17,20H,5-7,9-12H2,1-3H3. The Balaban J connectivity index is 1.50. The second-order valence-electron chi connectivity index (χ2n) is 7.13. The Morgan fingerprint density at radius 2 is 2.18 bits per heavy atom. The van der Waals surface area contributed by atoms with Crippen molar-refractivity contribution in [2.45, 2.75) is 57.3 Å². The van der Waals surface area contributed by atoms with Gasteiger partial charge in [0.15, 0.2) is 0 Å². The number of nitrogens with one attached hydrogen (secondary N) is 1. The fraction of sp³-hybridized carbons (Fsp3) is 0.722. The molecule has 0 radical (unpaired) electrons. The van der Waals surface area contributed by atoms with Crippen LogP contribution in [0.4, 0.5) is 0 Å². The molecule has 22 heavy (non-hydrogen) atoms. The quantitative estimate of drug-likeness (QED) is 0.925. The summed E-state index contributed by atoms with van der Waals surface area (Å²) < 4.78 is 6.38. The number of aryl methyl sites for hydroxylation is 1. The summed E-state index contributed by atoms with van der Waals surface area (Å²) in [5.74, 6) is 0. The molecule has 1 aromatic heterocycles. The van der Waals surface area contributed by atoms with E-state index in [-0.39, 0.29) is 5.60 Å². The molecule has 2 fully saturated rings. The molecule has 0 aromatic carbocycles. The van der Waals surface area contributed by atoms with Crippen molar-refractivity contribution in [3.63, 3.8) is 0 Å². The van der Waals surface area contributed by atoms with Gasteiger partial charge in [-0.05, 0) is 70.3 Å². The number of ether oxygens (including phenoxy) is 1. The van der Waals surface area contributed by atoms with E-state index in [9.17, 15) is 0 Å². The third kappa shape index (κ3) is 3.50.